The van der Waals surface area contributed by atoms with E-state index in [-0.39, 0.29) is 54.3 Å². The van der Waals surface area contributed by atoms with E-state index in [9.17, 15) is 0 Å². The molecule has 136 heavy (non-hydrogen) atoms. The number of aromatic amines is 4. The molecule has 16 heterocycles. The molecule has 0 radical (unpaired) electrons. The molecule has 28 heteroatoms. The minimum Gasteiger partial charge on any atom is -0.454 e. The first-order valence-electron chi connectivity index (χ1n) is 44.4. The molecule has 0 spiro atoms. The summed E-state index contributed by atoms with van der Waals surface area (Å²) in [6, 6.07) is 67.4. The summed E-state index contributed by atoms with van der Waals surface area (Å²) in [7, 11) is 8.27. The second-order valence-corrected chi connectivity index (χ2v) is 34.8. The van der Waals surface area contributed by atoms with E-state index < -0.39 is 0 Å². The molecule has 0 fully saturated rings. The number of aryl methyl sites for hydroxylation is 4. The number of pyridine rings is 4. The largest absolute Gasteiger partial charge is 0.454 e. The average Bonchev–Trinajstić information content (AvgIpc) is 1.38. The van der Waals surface area contributed by atoms with Gasteiger partial charge in [-0.05, 0) is 213 Å². The van der Waals surface area contributed by atoms with Crippen molar-refractivity contribution in [3.8, 4) is 136 Å². The van der Waals surface area contributed by atoms with Crippen molar-refractivity contribution < 1.29 is 94.1 Å². The van der Waals surface area contributed by atoms with Crippen LogP contribution in [0.5, 0.6) is 92.0 Å². The Labute approximate surface area is 766 Å². The maximum absolute atomic E-state index is 6.01. The van der Waals surface area contributed by atoms with Gasteiger partial charge in [-0.3, -0.25) is 0 Å². The molecular formula is C108H72N12O16+4. The monoisotopic (exact) mass is 1790 g/mol. The van der Waals surface area contributed by atoms with Crippen molar-refractivity contribution >= 4 is 174 Å². The first-order chi connectivity index (χ1) is 67.0. The van der Waals surface area contributed by atoms with Crippen LogP contribution in [-0.2, 0) is 28.2 Å². The zero-order chi connectivity index (χ0) is 89.6. The van der Waals surface area contributed by atoms with Crippen molar-refractivity contribution in [2.24, 2.45) is 28.2 Å². The number of hydrogen-bond acceptors (Lipinski definition) is 20. The van der Waals surface area contributed by atoms with Gasteiger partial charge in [-0.25, -0.2) is 19.9 Å². The van der Waals surface area contributed by atoms with Crippen LogP contribution in [0.1, 0.15) is 0 Å². The fourth-order valence-corrected chi connectivity index (χ4v) is 21.3. The highest BCUT2D eigenvalue weighted by atomic mass is 16.7. The first-order valence-corrected chi connectivity index (χ1v) is 44.4. The highest BCUT2D eigenvalue weighted by Crippen LogP contribution is 2.55. The van der Waals surface area contributed by atoms with Gasteiger partial charge in [-0.15, -0.1) is 0 Å². The molecule has 0 amide bonds. The van der Waals surface area contributed by atoms with Crippen LogP contribution < -0.4 is 94.1 Å². The smallest absolute Gasteiger partial charge is 0.231 e. The Morgan fingerprint density at radius 1 is 0.206 bits per heavy atom. The van der Waals surface area contributed by atoms with Crippen LogP contribution in [0, 0.1) is 0 Å². The van der Waals surface area contributed by atoms with E-state index in [2.05, 4.69) is 263 Å². The molecule has 16 aromatic carbocycles. The lowest BCUT2D eigenvalue weighted by atomic mass is 9.92. The van der Waals surface area contributed by atoms with Gasteiger partial charge in [0.25, 0.3) is 0 Å². The maximum Gasteiger partial charge on any atom is 0.231 e. The molecule has 0 aliphatic carbocycles. The van der Waals surface area contributed by atoms with Gasteiger partial charge >= 0.3 is 0 Å². The fourth-order valence-electron chi connectivity index (χ4n) is 21.3. The third kappa shape index (κ3) is 11.4. The molecule has 0 saturated carbocycles. The maximum atomic E-state index is 6.01. The van der Waals surface area contributed by atoms with Crippen LogP contribution in [0.2, 0.25) is 0 Å². The average molecular weight is 1790 g/mol. The molecule has 656 valence electrons. The second-order valence-electron chi connectivity index (χ2n) is 34.8. The Bertz CT molecular complexity index is 9510. The number of hydrogen-bond donors (Lipinski definition) is 4. The van der Waals surface area contributed by atoms with Gasteiger partial charge in [-0.2, -0.15) is 18.3 Å². The van der Waals surface area contributed by atoms with E-state index in [1.54, 1.807) is 25.3 Å². The number of fused-ring (bicyclic) bond motifs is 36. The molecule has 28 nitrogen and oxygen atoms in total. The van der Waals surface area contributed by atoms with Gasteiger partial charge in [0.1, 0.15) is 28.2 Å². The molecule has 8 aliphatic heterocycles. The number of benzene rings is 16. The van der Waals surface area contributed by atoms with Crippen molar-refractivity contribution in [3.63, 3.8) is 0 Å². The van der Waals surface area contributed by atoms with Crippen LogP contribution in [0.3, 0.4) is 0 Å². The third-order valence-electron chi connectivity index (χ3n) is 27.5. The summed E-state index contributed by atoms with van der Waals surface area (Å²) in [5.41, 5.74) is 20.8. The van der Waals surface area contributed by atoms with E-state index in [0.29, 0.717) is 0 Å². The molecule has 8 aliphatic rings. The van der Waals surface area contributed by atoms with Gasteiger partial charge in [0.05, 0.1) is 134 Å². The zero-order valence-corrected chi connectivity index (χ0v) is 72.9. The number of ether oxygens (including phenoxy) is 16. The van der Waals surface area contributed by atoms with Crippen molar-refractivity contribution in [3.05, 3.63) is 244 Å². The second kappa shape index (κ2) is 28.7. The van der Waals surface area contributed by atoms with E-state index in [1.165, 1.54) is 0 Å². The topological polar surface area (TPSA) is 278 Å². The summed E-state index contributed by atoms with van der Waals surface area (Å²) in [5.74, 6) is 12.4. The molecule has 8 aromatic heterocycles. The number of H-pyrrole nitrogens is 4. The van der Waals surface area contributed by atoms with Crippen molar-refractivity contribution in [1.29, 1.82) is 0 Å². The highest BCUT2D eigenvalue weighted by molar-refractivity contribution is 6.25. The Kier molecular flexibility index (Phi) is 16.0. The summed E-state index contributed by atoms with van der Waals surface area (Å²) in [4.78, 5) is 30.4. The highest BCUT2D eigenvalue weighted by Gasteiger charge is 2.35. The Balaban J connectivity index is 0.0000000879. The molecule has 24 aromatic rings. The predicted octanol–water partition coefficient (Wildman–Crippen LogP) is 19.9. The third-order valence-corrected chi connectivity index (χ3v) is 27.5. The first kappa shape index (κ1) is 75.7. The summed E-state index contributed by atoms with van der Waals surface area (Å²) in [5, 5.41) is 21.9. The molecule has 32 rings (SSSR count). The fraction of sp³-hybridized carbons (Fsp3) is 0.111. The summed E-state index contributed by atoms with van der Waals surface area (Å²) in [6.07, 6.45) is 15.4. The van der Waals surface area contributed by atoms with Crippen molar-refractivity contribution in [2.45, 2.75) is 0 Å². The van der Waals surface area contributed by atoms with Crippen molar-refractivity contribution in [1.82, 2.24) is 39.9 Å². The summed E-state index contributed by atoms with van der Waals surface area (Å²) < 4.78 is 101. The lowest BCUT2D eigenvalue weighted by molar-refractivity contribution is -0.642. The van der Waals surface area contributed by atoms with Crippen LogP contribution in [0.15, 0.2) is 244 Å². The molecular weight excluding hydrogens is 1720 g/mol. The Hall–Kier alpha value is -18.1. The Morgan fingerprint density at radius 3 is 1.09 bits per heavy atom. The van der Waals surface area contributed by atoms with Crippen LogP contribution in [-0.4, -0.2) is 94.2 Å². The van der Waals surface area contributed by atoms with Crippen molar-refractivity contribution in [2.75, 3.05) is 54.3 Å². The quantitative estimate of drug-likeness (QED) is 0.0941. The normalized spacial score (nSPS) is 14.1. The number of nitrogens with one attached hydrogen (secondary N) is 4. The van der Waals surface area contributed by atoms with Gasteiger partial charge in [0.2, 0.25) is 76.4 Å². The lowest BCUT2D eigenvalue weighted by Gasteiger charge is -2.13. The van der Waals surface area contributed by atoms with E-state index in [1.807, 2.05) is 42.5 Å². The van der Waals surface area contributed by atoms with E-state index in [0.717, 1.165) is 310 Å². The van der Waals surface area contributed by atoms with Crippen LogP contribution in [0.25, 0.3) is 218 Å². The zero-order valence-electron chi connectivity index (χ0n) is 72.9. The van der Waals surface area contributed by atoms with E-state index >= 15 is 0 Å². The minimum atomic E-state index is 0.205. The standard InChI is InChI=1S/C27H17N3O4.C27H18N3O4.C27H17N3O4.C27H18N3O4/c1-30-10-20-19(16-4-2-15-7-23-24(32-12-31-23)9-17(15)25(16)30)8-18(26-27(20)34-13-33-26)14-3-5-21-22(6-14)29-11-28-21;1-30-10-19-25(16-4-2-15-7-22-23(32-12-31-22)9-18(15)26(16)30)17(8-24-27(19)34-13-33-24)14-3-5-20-21(6-14)29-11-28-20;1-30-10-19-16(3-5-22-27(19)34-13-31-22)25-17(14-2-4-20-21(7-14)29-11-28-20)6-15-8-23-24(33-12-32-23)9-18(15)26(25)30;1-30-10-20-15(3-5-23-27(20)34-13-31-23)18-7-16(14-2-4-21-22(6-14)29-11-28-21)17-8-24-25(33-12-32-24)9-19(17)26(18)30/h2-11H,12-13H2,1H3;2-11H,12-13H2,1H3,(H,28,29);2-11H,12-13H2,1H3;2-11H,12-13H2,1H3,(H,28,29)/q;+1;;+1/p+2. The van der Waals surface area contributed by atoms with Gasteiger partial charge < -0.3 is 95.7 Å². The minimum absolute atomic E-state index is 0.205. The molecule has 4 N–H and O–H groups in total. The van der Waals surface area contributed by atoms with Gasteiger partial charge in [0, 0.05) is 32.5 Å². The number of aromatic nitrogens is 12. The SMILES string of the molecule is C[n+]1cc2c3c(c(-c4ccc5nc[nH]c5c4)cc2c2ccc4cc5c(cc4c21)OCO5)OCO3.C[n+]1cc2c3c(cc(-c4ccc5nc[nH]c5c4)c2c2ccc4cc5c(cc4c21)OCO5)OCO3.C[n+]1cc2c3c(ccc2c2c(-c4ccc5nc[nH]c5c4)cc4cc5c(cc4c21)OCO5)OCO3.C[n+]1cc2c3c(ccc2c2cc(-c4ccc5nc[nH]c5c4)c4cc5c(cc4c21)OCO5)OCO3. The number of nitrogens with zero attached hydrogens (tertiary/aromatic N) is 8. The lowest BCUT2D eigenvalue weighted by Crippen LogP contribution is -2.28. The summed E-state index contributed by atoms with van der Waals surface area (Å²) in [6.45, 7) is 1.89. The Morgan fingerprint density at radius 2 is 0.551 bits per heavy atom. The molecule has 0 saturated heterocycles. The number of imidazole rings is 4. The molecule has 0 atom stereocenters. The molecule has 0 bridgehead atoms. The van der Waals surface area contributed by atoms with Gasteiger partial charge in [-0.1, -0.05) is 36.4 Å². The molecule has 0 unspecified atom stereocenters. The predicted molar refractivity (Wildman–Crippen MR) is 510 cm³/mol. The van der Waals surface area contributed by atoms with Crippen LogP contribution >= 0.6 is 0 Å². The van der Waals surface area contributed by atoms with Gasteiger partial charge in [0.15, 0.2) is 117 Å². The number of rotatable bonds is 4. The van der Waals surface area contributed by atoms with E-state index in [4.69, 9.17) is 75.8 Å². The van der Waals surface area contributed by atoms with Crippen LogP contribution in [0.4, 0.5) is 0 Å². The summed E-state index contributed by atoms with van der Waals surface area (Å²) >= 11 is 0.